The number of hydrogen-bond donors (Lipinski definition) is 0. The Labute approximate surface area is 124 Å². The van der Waals surface area contributed by atoms with Gasteiger partial charge >= 0.3 is 0 Å². The molecule has 0 bridgehead atoms. The van der Waals surface area contributed by atoms with Gasteiger partial charge in [-0.05, 0) is 37.3 Å². The van der Waals surface area contributed by atoms with Crippen LogP contribution in [0.25, 0.3) is 11.2 Å². The van der Waals surface area contributed by atoms with Crippen molar-refractivity contribution in [3.8, 4) is 0 Å². The second-order valence-electron chi connectivity index (χ2n) is 5.97. The Morgan fingerprint density at radius 1 is 1.30 bits per heavy atom. The van der Waals surface area contributed by atoms with Crippen molar-refractivity contribution >= 4 is 22.8 Å². The van der Waals surface area contributed by atoms with Crippen LogP contribution in [0.4, 0.5) is 0 Å². The smallest absolute Gasteiger partial charge is 0.160 e. The summed E-state index contributed by atoms with van der Waals surface area (Å²) < 4.78 is 7.68. The quantitative estimate of drug-likeness (QED) is 0.815. The molecule has 1 saturated heterocycles. The summed E-state index contributed by atoms with van der Waals surface area (Å²) >= 11 is 6.07. The molecule has 0 N–H and O–H groups in total. The molecule has 0 aliphatic carbocycles. The zero-order valence-corrected chi connectivity index (χ0v) is 12.8. The number of pyridine rings is 1. The normalized spacial score (nSPS) is 18.6. The van der Waals surface area contributed by atoms with Gasteiger partial charge in [0.1, 0.15) is 11.3 Å². The van der Waals surface area contributed by atoms with Crippen LogP contribution in [0.15, 0.2) is 12.1 Å². The van der Waals surface area contributed by atoms with Gasteiger partial charge in [0.25, 0.3) is 0 Å². The van der Waals surface area contributed by atoms with Crippen LogP contribution in [0.3, 0.4) is 0 Å². The van der Waals surface area contributed by atoms with Gasteiger partial charge in [-0.1, -0.05) is 6.92 Å². The third-order valence-corrected chi connectivity index (χ3v) is 4.41. The summed E-state index contributed by atoms with van der Waals surface area (Å²) in [6.45, 7) is 6.91. The lowest BCUT2D eigenvalue weighted by Crippen LogP contribution is -2.31. The number of aromatic nitrogens is 3. The average molecular weight is 294 g/mol. The second-order valence-corrected chi connectivity index (χ2v) is 6.23. The van der Waals surface area contributed by atoms with Gasteiger partial charge in [-0.15, -0.1) is 11.6 Å². The van der Waals surface area contributed by atoms with Crippen LogP contribution >= 0.6 is 11.6 Å². The first-order valence-corrected chi connectivity index (χ1v) is 7.61. The van der Waals surface area contributed by atoms with Crippen LogP contribution in [0.2, 0.25) is 0 Å². The van der Waals surface area contributed by atoms with Gasteiger partial charge in [0.15, 0.2) is 5.65 Å². The average Bonchev–Trinajstić information content (AvgIpc) is 2.77. The Kier molecular flexibility index (Phi) is 3.69. The molecule has 3 rings (SSSR count). The van der Waals surface area contributed by atoms with Gasteiger partial charge in [-0.2, -0.15) is 0 Å². The first-order valence-electron chi connectivity index (χ1n) is 7.08. The molecule has 2 aromatic rings. The minimum absolute atomic E-state index is 0.234. The monoisotopic (exact) mass is 293 g/mol. The predicted octanol–water partition coefficient (Wildman–Crippen LogP) is 3.30. The molecule has 0 aromatic carbocycles. The number of hydrogen-bond acceptors (Lipinski definition) is 3. The van der Waals surface area contributed by atoms with E-state index in [1.807, 2.05) is 19.1 Å². The van der Waals surface area contributed by atoms with Crippen LogP contribution < -0.4 is 0 Å². The van der Waals surface area contributed by atoms with Crippen molar-refractivity contribution in [2.75, 3.05) is 13.2 Å². The van der Waals surface area contributed by atoms with Gasteiger partial charge < -0.3 is 9.30 Å². The highest BCUT2D eigenvalue weighted by atomic mass is 35.5. The summed E-state index contributed by atoms with van der Waals surface area (Å²) in [4.78, 5) is 9.26. The van der Waals surface area contributed by atoms with Gasteiger partial charge in [-0.3, -0.25) is 0 Å². The third-order valence-electron chi connectivity index (χ3n) is 4.17. The molecule has 20 heavy (non-hydrogen) atoms. The van der Waals surface area contributed by atoms with E-state index in [1.165, 1.54) is 0 Å². The molecule has 1 aliphatic heterocycles. The van der Waals surface area contributed by atoms with E-state index in [4.69, 9.17) is 16.3 Å². The molecule has 2 aromatic heterocycles. The Balaban J connectivity index is 2.02. The second kappa shape index (κ2) is 5.34. The summed E-state index contributed by atoms with van der Waals surface area (Å²) in [7, 11) is 0. The SMILES string of the molecule is Cc1ccc2nc(CCl)n(CC3(C)CCOCC3)c2n1. The highest BCUT2D eigenvalue weighted by Crippen LogP contribution is 2.33. The van der Waals surface area contributed by atoms with E-state index in [-0.39, 0.29) is 5.41 Å². The number of imidazole rings is 1. The Morgan fingerprint density at radius 3 is 2.75 bits per heavy atom. The standard InChI is InChI=1S/C15H20ClN3O/c1-11-3-4-12-14(17-11)19(13(9-16)18-12)10-15(2)5-7-20-8-6-15/h3-4H,5-10H2,1-2H3. The minimum Gasteiger partial charge on any atom is -0.381 e. The van der Waals surface area contributed by atoms with E-state index >= 15 is 0 Å². The van der Waals surface area contributed by atoms with Crippen molar-refractivity contribution in [3.05, 3.63) is 23.7 Å². The van der Waals surface area contributed by atoms with Crippen molar-refractivity contribution in [3.63, 3.8) is 0 Å². The topological polar surface area (TPSA) is 39.9 Å². The number of fused-ring (bicyclic) bond motifs is 1. The molecular formula is C15H20ClN3O. The van der Waals surface area contributed by atoms with E-state index in [1.54, 1.807) is 0 Å². The van der Waals surface area contributed by atoms with Crippen molar-refractivity contribution < 1.29 is 4.74 Å². The lowest BCUT2D eigenvalue weighted by atomic mass is 9.82. The molecular weight excluding hydrogens is 274 g/mol. The Bertz CT molecular complexity index is 617. The number of rotatable bonds is 3. The minimum atomic E-state index is 0.234. The summed E-state index contributed by atoms with van der Waals surface area (Å²) in [6.07, 6.45) is 2.14. The van der Waals surface area contributed by atoms with Crippen LogP contribution in [0.1, 0.15) is 31.3 Å². The maximum Gasteiger partial charge on any atom is 0.160 e. The van der Waals surface area contributed by atoms with E-state index in [9.17, 15) is 0 Å². The Morgan fingerprint density at radius 2 is 2.05 bits per heavy atom. The summed E-state index contributed by atoms with van der Waals surface area (Å²) in [6, 6.07) is 4.02. The summed E-state index contributed by atoms with van der Waals surface area (Å²) in [5.41, 5.74) is 3.13. The van der Waals surface area contributed by atoms with Gasteiger partial charge in [-0.25, -0.2) is 9.97 Å². The molecule has 108 valence electrons. The van der Waals surface area contributed by atoms with Crippen molar-refractivity contribution in [2.24, 2.45) is 5.41 Å². The number of alkyl halides is 1. The van der Waals surface area contributed by atoms with Crippen LogP contribution in [0.5, 0.6) is 0 Å². The van der Waals surface area contributed by atoms with Crippen LogP contribution in [-0.4, -0.2) is 27.7 Å². The van der Waals surface area contributed by atoms with E-state index in [0.29, 0.717) is 5.88 Å². The lowest BCUT2D eigenvalue weighted by molar-refractivity contribution is 0.0157. The maximum atomic E-state index is 6.07. The van der Waals surface area contributed by atoms with Crippen LogP contribution in [-0.2, 0) is 17.2 Å². The van der Waals surface area contributed by atoms with Crippen molar-refractivity contribution in [2.45, 2.75) is 39.1 Å². The van der Waals surface area contributed by atoms with E-state index in [0.717, 1.165) is 55.3 Å². The molecule has 0 saturated carbocycles. The number of ether oxygens (including phenoxy) is 1. The highest BCUT2D eigenvalue weighted by Gasteiger charge is 2.29. The van der Waals surface area contributed by atoms with Gasteiger partial charge in [0.2, 0.25) is 0 Å². The molecule has 0 spiro atoms. The summed E-state index contributed by atoms with van der Waals surface area (Å²) in [5, 5.41) is 0. The molecule has 0 unspecified atom stereocenters. The van der Waals surface area contributed by atoms with E-state index < -0.39 is 0 Å². The number of halogens is 1. The molecule has 0 radical (unpaired) electrons. The first-order chi connectivity index (χ1) is 9.61. The fourth-order valence-electron chi connectivity index (χ4n) is 2.82. The zero-order valence-electron chi connectivity index (χ0n) is 12.0. The fraction of sp³-hybridized carbons (Fsp3) is 0.600. The van der Waals surface area contributed by atoms with Gasteiger partial charge in [0.05, 0.1) is 5.88 Å². The largest absolute Gasteiger partial charge is 0.381 e. The van der Waals surface area contributed by atoms with Crippen molar-refractivity contribution in [1.29, 1.82) is 0 Å². The molecule has 4 nitrogen and oxygen atoms in total. The fourth-order valence-corrected chi connectivity index (χ4v) is 3.02. The molecule has 5 heteroatoms. The van der Waals surface area contributed by atoms with Crippen LogP contribution in [0, 0.1) is 12.3 Å². The predicted molar refractivity (Wildman–Crippen MR) is 80.0 cm³/mol. The highest BCUT2D eigenvalue weighted by molar-refractivity contribution is 6.16. The van der Waals surface area contributed by atoms with Gasteiger partial charge in [0, 0.05) is 25.5 Å². The number of nitrogens with zero attached hydrogens (tertiary/aromatic N) is 3. The molecule has 3 heterocycles. The zero-order chi connectivity index (χ0) is 14.2. The molecule has 0 amide bonds. The Hall–Kier alpha value is -1.13. The molecule has 1 fully saturated rings. The third kappa shape index (κ3) is 2.54. The maximum absolute atomic E-state index is 6.07. The molecule has 1 aliphatic rings. The van der Waals surface area contributed by atoms with E-state index in [2.05, 4.69) is 21.5 Å². The summed E-state index contributed by atoms with van der Waals surface area (Å²) in [5.74, 6) is 1.33. The van der Waals surface area contributed by atoms with Crippen molar-refractivity contribution in [1.82, 2.24) is 14.5 Å². The lowest BCUT2D eigenvalue weighted by Gasteiger charge is -2.34. The first kappa shape index (κ1) is 13.8. The molecule has 0 atom stereocenters. The number of aryl methyl sites for hydroxylation is 1.